The summed E-state index contributed by atoms with van der Waals surface area (Å²) in [5.74, 6) is -4.68. The predicted molar refractivity (Wildman–Crippen MR) is 180 cm³/mol. The first-order chi connectivity index (χ1) is 23.7. The third-order valence-corrected chi connectivity index (χ3v) is 8.43. The molecule has 2 unspecified atom stereocenters. The average molecular weight is 1040 g/mol. The van der Waals surface area contributed by atoms with Gasteiger partial charge in [0.05, 0.1) is 27.3 Å². The summed E-state index contributed by atoms with van der Waals surface area (Å²) in [6.07, 6.45) is -2.64. The molecule has 0 spiro atoms. The number of methoxy groups -OCH3 is 6. The zero-order valence-corrected chi connectivity index (χ0v) is 40.4. The van der Waals surface area contributed by atoms with Gasteiger partial charge in [0.25, 0.3) is 0 Å². The van der Waals surface area contributed by atoms with Gasteiger partial charge in [-0.1, -0.05) is 37.8 Å². The van der Waals surface area contributed by atoms with E-state index in [9.17, 15) is 29.1 Å². The van der Waals surface area contributed by atoms with Gasteiger partial charge >= 0.3 is 23.9 Å². The van der Waals surface area contributed by atoms with E-state index >= 15 is 0 Å². The van der Waals surface area contributed by atoms with Crippen molar-refractivity contribution in [2.24, 2.45) is 0 Å². The normalized spacial score (nSPS) is 22.1. The van der Waals surface area contributed by atoms with Gasteiger partial charge in [-0.25, -0.2) is 19.2 Å². The van der Waals surface area contributed by atoms with Crippen molar-refractivity contribution >= 4 is 29.8 Å². The fraction of sp³-hybridized carbons (Fsp3) is 0.667. The Morgan fingerprint density at radius 2 is 1.09 bits per heavy atom. The summed E-state index contributed by atoms with van der Waals surface area (Å²) >= 11 is 0. The minimum absolute atomic E-state index is 0. The number of hydrogen-bond acceptors (Lipinski definition) is 17. The van der Waals surface area contributed by atoms with E-state index < -0.39 is 40.9 Å². The molecule has 0 aromatic heterocycles. The molecule has 57 heavy (non-hydrogen) atoms. The van der Waals surface area contributed by atoms with Crippen molar-refractivity contribution in [2.45, 2.75) is 62.2 Å². The number of rotatable bonds is 11. The van der Waals surface area contributed by atoms with E-state index in [2.05, 4.69) is 37.1 Å². The van der Waals surface area contributed by atoms with Crippen LogP contribution in [0.2, 0.25) is 0 Å². The third kappa shape index (κ3) is 21.9. The van der Waals surface area contributed by atoms with E-state index in [1.54, 1.807) is 7.11 Å². The molecule has 0 saturated carbocycles. The molecular formula is C33H56N3O15V6-. The van der Waals surface area contributed by atoms with Crippen LogP contribution in [0.1, 0.15) is 33.7 Å². The number of aliphatic hydroxyl groups is 2. The minimum atomic E-state index is -2.38. The van der Waals surface area contributed by atoms with Crippen molar-refractivity contribution < 1.29 is 186 Å². The molecule has 0 amide bonds. The molecule has 3 fully saturated rings. The molecule has 3 aliphatic rings. The predicted octanol–water partition coefficient (Wildman–Crippen LogP) is -2.06. The Bertz CT molecular complexity index is 1200. The molecule has 18 nitrogen and oxygen atoms in total. The van der Waals surface area contributed by atoms with Crippen molar-refractivity contribution in [3.05, 3.63) is 35.9 Å². The zero-order valence-electron chi connectivity index (χ0n) is 32.0. The quantitative estimate of drug-likeness (QED) is 0.118. The summed E-state index contributed by atoms with van der Waals surface area (Å²) in [5.41, 5.74) is -0.998. The van der Waals surface area contributed by atoms with E-state index in [1.165, 1.54) is 41.1 Å². The average Bonchev–Trinajstić information content (AvgIpc) is 3.92. The standard InChI is InChI=1S/C14H19NO3.2C7H13NO3.C4H6O6.CH4.6V.H2/c1-17-13(16)14(18-2)8-9-15(11-14)10-12-6-4-3-5-7-12;2*1-10-6(9)7(11-2)3-4-8-5-7;5-1(3(7)8)2(6)4(9)10;;;;;;;;/h3-7H,8-11H2,1-2H3;2*8H,3-5H2,1-2H3;1-2,5-6H,(H,7,8)(H,9,10);1H4;;;;;;;1H/p-1/t;7-;;1-,2-;;;;;;;;/m.0.1......../s1. The number of carboxylic acid groups (broad SMARTS) is 2. The molecule has 1 aromatic carbocycles. The van der Waals surface area contributed by atoms with Gasteiger partial charge in [0, 0.05) is 186 Å². The Hall–Kier alpha value is -0.244. The van der Waals surface area contributed by atoms with Crippen molar-refractivity contribution in [2.75, 3.05) is 81.9 Å². The molecule has 5 atom stereocenters. The topological polar surface area (TPSA) is 252 Å². The first-order valence-electron chi connectivity index (χ1n) is 15.5. The number of aliphatic hydroxyl groups excluding tert-OH is 2. The number of nitrogens with zero attached hydrogens (tertiary/aromatic N) is 1. The number of carboxylic acids is 2. The number of benzene rings is 1. The van der Waals surface area contributed by atoms with Crippen LogP contribution in [0.4, 0.5) is 0 Å². The van der Waals surface area contributed by atoms with Gasteiger partial charge < -0.3 is 64.3 Å². The molecule has 5 N–H and O–H groups in total. The summed E-state index contributed by atoms with van der Waals surface area (Å²) in [7, 11) is 8.79. The van der Waals surface area contributed by atoms with Crippen LogP contribution in [0.15, 0.2) is 30.3 Å². The third-order valence-electron chi connectivity index (χ3n) is 8.43. The molecule has 3 heterocycles. The van der Waals surface area contributed by atoms with Gasteiger partial charge in [0.1, 0.15) is 6.10 Å². The van der Waals surface area contributed by atoms with Gasteiger partial charge in [-0.2, -0.15) is 0 Å². The summed E-state index contributed by atoms with van der Waals surface area (Å²) in [5, 5.41) is 40.2. The fourth-order valence-corrected chi connectivity index (χ4v) is 5.27. The summed E-state index contributed by atoms with van der Waals surface area (Å²) < 4.78 is 29.7. The Morgan fingerprint density at radius 1 is 0.702 bits per heavy atom. The van der Waals surface area contributed by atoms with E-state index in [0.717, 1.165) is 26.2 Å². The Labute approximate surface area is 407 Å². The SMILES string of the molecule is C.COC(=O)C1(OC)CCN(Cc2ccccc2)C1.COC(=O)C1(OC)CCNC1.COC(=O)[C@]1(OC)CCNC1.O=C([O-])[C@H](O)[C@@H](O)C(=O)O.[HH].[V].[V].[V].[V].[V].[V]. The van der Waals surface area contributed by atoms with Gasteiger partial charge in [0.2, 0.25) is 0 Å². The maximum Gasteiger partial charge on any atom is 0.339 e. The zero-order chi connectivity index (χ0) is 38.0. The fourth-order valence-electron chi connectivity index (χ4n) is 5.27. The number of nitrogens with one attached hydrogen (secondary N) is 2. The number of esters is 3. The van der Waals surface area contributed by atoms with E-state index in [4.69, 9.17) is 34.3 Å². The molecule has 24 heteroatoms. The minimum Gasteiger partial charge on any atom is -0.547 e. The molecule has 324 valence electrons. The van der Waals surface area contributed by atoms with Crippen LogP contribution in [0.5, 0.6) is 0 Å². The molecular weight excluding hydrogens is 984 g/mol. The maximum absolute atomic E-state index is 11.8. The Kier molecular flexibility index (Phi) is 45.5. The van der Waals surface area contributed by atoms with E-state index in [0.29, 0.717) is 38.9 Å². The first-order valence-corrected chi connectivity index (χ1v) is 15.5. The second-order valence-electron chi connectivity index (χ2n) is 11.4. The molecule has 3 aliphatic heterocycles. The van der Waals surface area contributed by atoms with Gasteiger partial charge in [-0.15, -0.1) is 0 Å². The van der Waals surface area contributed by atoms with Crippen LogP contribution in [0.25, 0.3) is 0 Å². The molecule has 0 bridgehead atoms. The van der Waals surface area contributed by atoms with Crippen molar-refractivity contribution in [1.82, 2.24) is 15.5 Å². The van der Waals surface area contributed by atoms with Gasteiger partial charge in [-0.3, -0.25) is 4.90 Å². The summed E-state index contributed by atoms with van der Waals surface area (Å²) in [4.78, 5) is 55.8. The van der Waals surface area contributed by atoms with Crippen LogP contribution >= 0.6 is 0 Å². The van der Waals surface area contributed by atoms with Crippen molar-refractivity contribution in [3.63, 3.8) is 0 Å². The van der Waals surface area contributed by atoms with Crippen LogP contribution < -0.4 is 15.7 Å². The molecule has 3 saturated heterocycles. The number of carbonyl (C=O) groups excluding carboxylic acids is 4. The van der Waals surface area contributed by atoms with Crippen molar-refractivity contribution in [1.29, 1.82) is 0 Å². The maximum atomic E-state index is 11.8. The van der Waals surface area contributed by atoms with Crippen LogP contribution in [0.3, 0.4) is 0 Å². The van der Waals surface area contributed by atoms with Crippen LogP contribution in [-0.2, 0) is 170 Å². The number of likely N-dealkylation sites (tertiary alicyclic amines) is 1. The summed E-state index contributed by atoms with van der Waals surface area (Å²) in [6.45, 7) is 4.99. The molecule has 0 aliphatic carbocycles. The molecule has 6 radical (unpaired) electrons. The van der Waals surface area contributed by atoms with Crippen LogP contribution in [0, 0.1) is 0 Å². The van der Waals surface area contributed by atoms with Crippen LogP contribution in [-0.4, -0.2) is 161 Å². The second kappa shape index (κ2) is 36.4. The monoisotopic (exact) mass is 1040 g/mol. The second-order valence-corrected chi connectivity index (χ2v) is 11.4. The molecule has 4 rings (SSSR count). The summed E-state index contributed by atoms with van der Waals surface area (Å²) in [6, 6.07) is 10.2. The van der Waals surface area contributed by atoms with E-state index in [1.807, 2.05) is 18.2 Å². The van der Waals surface area contributed by atoms with Gasteiger partial charge in [0.15, 0.2) is 22.9 Å². The molecule has 1 aromatic rings. The largest absolute Gasteiger partial charge is 0.547 e. The number of carbonyl (C=O) groups is 5. The number of hydrogen-bond donors (Lipinski definition) is 5. The van der Waals surface area contributed by atoms with Gasteiger partial charge in [-0.05, 0) is 18.7 Å². The van der Waals surface area contributed by atoms with E-state index in [-0.39, 0.29) is 138 Å². The Morgan fingerprint density at radius 3 is 1.37 bits per heavy atom. The number of ether oxygens (including phenoxy) is 6. The smallest absolute Gasteiger partial charge is 0.339 e. The Balaban J connectivity index is -0.0000000942. The van der Waals surface area contributed by atoms with Crippen molar-refractivity contribution in [3.8, 4) is 0 Å². The first kappa shape index (κ1) is 71.3. The number of aliphatic carboxylic acids is 2.